The molecule has 0 amide bonds. The smallest absolute Gasteiger partial charge is 0.0943 e. The van der Waals surface area contributed by atoms with E-state index in [1.165, 1.54) is 4.80 Å². The SMILES string of the molecule is Cn1cccn1.Cn1ccnc1.Cn1ccnn1.Cn1nccn1. The summed E-state index contributed by atoms with van der Waals surface area (Å²) >= 11 is 0. The zero-order valence-corrected chi connectivity index (χ0v) is 14.2. The van der Waals surface area contributed by atoms with E-state index in [1.807, 2.05) is 44.2 Å². The molecule has 0 aliphatic heterocycles. The monoisotopic (exact) mass is 330 g/mol. The van der Waals surface area contributed by atoms with Crippen molar-refractivity contribution >= 4 is 0 Å². The van der Waals surface area contributed by atoms with Crippen molar-refractivity contribution in [1.82, 2.24) is 49.3 Å². The number of rotatable bonds is 0. The lowest BCUT2D eigenvalue weighted by Crippen LogP contribution is -1.89. The Morgan fingerprint density at radius 1 is 0.667 bits per heavy atom. The molecule has 4 aromatic heterocycles. The number of hydrogen-bond donors (Lipinski definition) is 0. The molecule has 0 aliphatic rings. The maximum atomic E-state index is 3.83. The van der Waals surface area contributed by atoms with Crippen molar-refractivity contribution in [3.63, 3.8) is 0 Å². The van der Waals surface area contributed by atoms with Crippen LogP contribution >= 0.6 is 0 Å². The highest BCUT2D eigenvalue weighted by molar-refractivity contribution is 4.75. The van der Waals surface area contributed by atoms with Crippen molar-refractivity contribution in [2.75, 3.05) is 0 Å². The predicted molar refractivity (Wildman–Crippen MR) is 88.4 cm³/mol. The maximum absolute atomic E-state index is 3.83. The highest BCUT2D eigenvalue weighted by Gasteiger charge is 1.72. The van der Waals surface area contributed by atoms with E-state index in [-0.39, 0.29) is 0 Å². The molecule has 0 radical (unpaired) electrons. The second kappa shape index (κ2) is 11.3. The van der Waals surface area contributed by atoms with E-state index in [9.17, 15) is 0 Å². The first-order valence-electron chi connectivity index (χ1n) is 7.04. The second-order valence-corrected chi connectivity index (χ2v) is 4.50. The first-order valence-corrected chi connectivity index (χ1v) is 7.04. The van der Waals surface area contributed by atoms with Crippen molar-refractivity contribution in [3.05, 3.63) is 62.0 Å². The largest absolute Gasteiger partial charge is 0.341 e. The van der Waals surface area contributed by atoms with Crippen LogP contribution in [0.3, 0.4) is 0 Å². The van der Waals surface area contributed by atoms with E-state index in [2.05, 4.69) is 30.6 Å². The minimum absolute atomic E-state index is 1.50. The predicted octanol–water partition coefficient (Wildman–Crippen LogP) is 0.470. The van der Waals surface area contributed by atoms with E-state index in [0.29, 0.717) is 0 Å². The van der Waals surface area contributed by atoms with Crippen molar-refractivity contribution in [2.45, 2.75) is 0 Å². The highest BCUT2D eigenvalue weighted by Crippen LogP contribution is 1.74. The number of aromatic nitrogens is 10. The first kappa shape index (κ1) is 18.7. The van der Waals surface area contributed by atoms with Gasteiger partial charge in [0.05, 0.1) is 24.9 Å². The van der Waals surface area contributed by atoms with Gasteiger partial charge in [-0.05, 0) is 6.07 Å². The average molecular weight is 330 g/mol. The van der Waals surface area contributed by atoms with Crippen LogP contribution in [-0.4, -0.2) is 49.3 Å². The van der Waals surface area contributed by atoms with Crippen molar-refractivity contribution in [2.24, 2.45) is 28.2 Å². The Hall–Kier alpha value is -3.30. The summed E-state index contributed by atoms with van der Waals surface area (Å²) in [5.74, 6) is 0. The lowest BCUT2D eigenvalue weighted by Gasteiger charge is -1.77. The van der Waals surface area contributed by atoms with Gasteiger partial charge in [-0.1, -0.05) is 5.21 Å². The minimum Gasteiger partial charge on any atom is -0.341 e. The molecular formula is C14H22N10. The molecule has 4 aromatic rings. The Labute approximate surface area is 140 Å². The van der Waals surface area contributed by atoms with E-state index < -0.39 is 0 Å². The molecule has 128 valence electrons. The molecular weight excluding hydrogens is 308 g/mol. The Balaban J connectivity index is 0.000000160. The van der Waals surface area contributed by atoms with Crippen molar-refractivity contribution in [3.8, 4) is 0 Å². The van der Waals surface area contributed by atoms with Crippen molar-refractivity contribution < 1.29 is 0 Å². The summed E-state index contributed by atoms with van der Waals surface area (Å²) in [6.07, 6.45) is 15.7. The van der Waals surface area contributed by atoms with Crippen LogP contribution in [0.5, 0.6) is 0 Å². The first-order chi connectivity index (χ1) is 11.6. The molecule has 0 fully saturated rings. The van der Waals surface area contributed by atoms with E-state index >= 15 is 0 Å². The van der Waals surface area contributed by atoms with Gasteiger partial charge < -0.3 is 4.57 Å². The zero-order chi connectivity index (χ0) is 17.6. The summed E-state index contributed by atoms with van der Waals surface area (Å²) in [7, 11) is 7.43. The van der Waals surface area contributed by atoms with Crippen molar-refractivity contribution in [1.29, 1.82) is 0 Å². The molecule has 0 N–H and O–H groups in total. The molecule has 0 bridgehead atoms. The van der Waals surface area contributed by atoms with Gasteiger partial charge in [-0.15, -0.1) is 5.10 Å². The van der Waals surface area contributed by atoms with E-state index in [4.69, 9.17) is 0 Å². The third-order valence-corrected chi connectivity index (χ3v) is 2.35. The number of imidazole rings is 1. The fourth-order valence-corrected chi connectivity index (χ4v) is 1.22. The van der Waals surface area contributed by atoms with Crippen LogP contribution in [-0.2, 0) is 28.2 Å². The van der Waals surface area contributed by atoms with E-state index in [0.717, 1.165) is 0 Å². The van der Waals surface area contributed by atoms with Crippen LogP contribution in [0, 0.1) is 0 Å². The van der Waals surface area contributed by atoms with Gasteiger partial charge in [0.15, 0.2) is 0 Å². The van der Waals surface area contributed by atoms with Gasteiger partial charge in [0.25, 0.3) is 0 Å². The summed E-state index contributed by atoms with van der Waals surface area (Å²) in [4.78, 5) is 5.28. The molecule has 0 unspecified atom stereocenters. The molecule has 4 rings (SSSR count). The average Bonchev–Trinajstić information content (AvgIpc) is 3.31. The van der Waals surface area contributed by atoms with Gasteiger partial charge in [-0.25, -0.2) is 4.98 Å². The summed E-state index contributed by atoms with van der Waals surface area (Å²) in [5, 5.41) is 18.4. The molecule has 10 nitrogen and oxygen atoms in total. The van der Waals surface area contributed by atoms with Gasteiger partial charge >= 0.3 is 0 Å². The number of nitrogens with zero attached hydrogens (tertiary/aromatic N) is 10. The normalized spacial score (nSPS) is 8.83. The quantitative estimate of drug-likeness (QED) is 0.465. The fourth-order valence-electron chi connectivity index (χ4n) is 1.22. The number of hydrogen-bond acceptors (Lipinski definition) is 6. The van der Waals surface area contributed by atoms with Crippen LogP contribution in [0.1, 0.15) is 0 Å². The van der Waals surface area contributed by atoms with Crippen LogP contribution in [0.25, 0.3) is 0 Å². The molecule has 24 heavy (non-hydrogen) atoms. The second-order valence-electron chi connectivity index (χ2n) is 4.50. The molecule has 0 aliphatic carbocycles. The van der Waals surface area contributed by atoms with Gasteiger partial charge in [0, 0.05) is 59.2 Å². The third kappa shape index (κ3) is 9.60. The molecule has 0 saturated heterocycles. The maximum Gasteiger partial charge on any atom is 0.0943 e. The van der Waals surface area contributed by atoms with Gasteiger partial charge in [-0.3, -0.25) is 9.36 Å². The Morgan fingerprint density at radius 2 is 1.42 bits per heavy atom. The summed E-state index contributed by atoms with van der Waals surface area (Å²) in [5.41, 5.74) is 0. The Bertz CT molecular complexity index is 567. The fraction of sp³-hybridized carbons (Fsp3) is 0.286. The summed E-state index contributed by atoms with van der Waals surface area (Å²) < 4.78 is 5.28. The topological polar surface area (TPSA) is 97.1 Å². The molecule has 10 heteroatoms. The molecule has 0 spiro atoms. The molecule has 4 heterocycles. The standard InChI is InChI=1S/2C4H6N2.2C3H5N3/c1-6-3-2-5-4-6;1-6-4-2-3-5-6;1-6-3-2-4-5-6;1-6-4-2-3-5-6/h2*2-4H,1H3;2*2-3H,1H3. The lowest BCUT2D eigenvalue weighted by molar-refractivity contribution is 0.654. The number of aryl methyl sites for hydroxylation is 4. The van der Waals surface area contributed by atoms with Gasteiger partial charge in [0.2, 0.25) is 0 Å². The third-order valence-electron chi connectivity index (χ3n) is 2.35. The minimum atomic E-state index is 1.50. The van der Waals surface area contributed by atoms with Gasteiger partial charge in [0.1, 0.15) is 0 Å². The molecule has 0 atom stereocenters. The summed E-state index contributed by atoms with van der Waals surface area (Å²) in [6.45, 7) is 0. The Kier molecular flexibility index (Phi) is 8.82. The highest BCUT2D eigenvalue weighted by atomic mass is 15.4. The lowest BCUT2D eigenvalue weighted by atomic mass is 10.8. The van der Waals surface area contributed by atoms with Crippen LogP contribution < -0.4 is 0 Å². The van der Waals surface area contributed by atoms with Gasteiger partial charge in [-0.2, -0.15) is 20.1 Å². The van der Waals surface area contributed by atoms with Crippen LogP contribution in [0.15, 0.2) is 62.0 Å². The van der Waals surface area contributed by atoms with E-state index in [1.54, 1.807) is 59.9 Å². The Morgan fingerprint density at radius 3 is 1.58 bits per heavy atom. The van der Waals surface area contributed by atoms with Crippen LogP contribution in [0.4, 0.5) is 0 Å². The summed E-state index contributed by atoms with van der Waals surface area (Å²) in [6, 6.07) is 1.89. The molecule has 0 aromatic carbocycles. The molecule has 0 saturated carbocycles. The van der Waals surface area contributed by atoms with Crippen LogP contribution in [0.2, 0.25) is 0 Å². The zero-order valence-electron chi connectivity index (χ0n) is 14.2.